The zero-order valence-corrected chi connectivity index (χ0v) is 16.1. The number of benzene rings is 2. The van der Waals surface area contributed by atoms with Crippen molar-refractivity contribution in [1.82, 2.24) is 4.72 Å². The van der Waals surface area contributed by atoms with Crippen LogP contribution in [-0.4, -0.2) is 42.3 Å². The highest BCUT2D eigenvalue weighted by Gasteiger charge is 2.27. The summed E-state index contributed by atoms with van der Waals surface area (Å²) in [5, 5.41) is 0. The second kappa shape index (κ2) is 8.14. The molecule has 2 aromatic rings. The molecule has 1 N–H and O–H groups in total. The van der Waals surface area contributed by atoms with Crippen molar-refractivity contribution < 1.29 is 22.3 Å². The summed E-state index contributed by atoms with van der Waals surface area (Å²) in [5.41, 5.74) is 0.992. The summed E-state index contributed by atoms with van der Waals surface area (Å²) >= 11 is 0. The predicted octanol–water partition coefficient (Wildman–Crippen LogP) is 2.65. The first-order valence-electron chi connectivity index (χ1n) is 8.66. The van der Waals surface area contributed by atoms with E-state index in [-0.39, 0.29) is 23.1 Å². The average molecular weight is 394 g/mol. The zero-order chi connectivity index (χ0) is 19.4. The minimum absolute atomic E-state index is 0.131. The molecule has 1 aliphatic heterocycles. The monoisotopic (exact) mass is 394 g/mol. The number of ether oxygens (including phenoxy) is 2. The van der Waals surface area contributed by atoms with E-state index in [0.717, 1.165) is 30.5 Å². The van der Waals surface area contributed by atoms with Gasteiger partial charge in [0, 0.05) is 25.7 Å². The fourth-order valence-corrected chi connectivity index (χ4v) is 4.41. The molecule has 0 amide bonds. The third-order valence-corrected chi connectivity index (χ3v) is 6.16. The Morgan fingerprint density at radius 1 is 1.19 bits per heavy atom. The lowest BCUT2D eigenvalue weighted by Gasteiger charge is -2.21. The van der Waals surface area contributed by atoms with E-state index in [1.807, 2.05) is 24.3 Å². The normalized spacial score (nSPS) is 17.1. The summed E-state index contributed by atoms with van der Waals surface area (Å²) < 4.78 is 51.8. The van der Waals surface area contributed by atoms with Crippen LogP contribution in [0.4, 0.5) is 10.1 Å². The van der Waals surface area contributed by atoms with E-state index in [1.165, 1.54) is 19.2 Å². The first-order valence-corrected chi connectivity index (χ1v) is 10.1. The summed E-state index contributed by atoms with van der Waals surface area (Å²) in [4.78, 5) is 1.80. The molecule has 0 aliphatic carbocycles. The Bertz CT molecular complexity index is 904. The molecule has 3 rings (SSSR count). The number of para-hydroxylation sites is 2. The van der Waals surface area contributed by atoms with Crippen LogP contribution in [0, 0.1) is 11.7 Å². The molecule has 8 heteroatoms. The maximum absolute atomic E-state index is 14.1. The van der Waals surface area contributed by atoms with Crippen molar-refractivity contribution >= 4 is 15.7 Å². The van der Waals surface area contributed by atoms with Crippen LogP contribution < -0.4 is 19.1 Å². The quantitative estimate of drug-likeness (QED) is 0.782. The highest BCUT2D eigenvalue weighted by atomic mass is 32.2. The van der Waals surface area contributed by atoms with Crippen molar-refractivity contribution in [2.75, 3.05) is 38.8 Å². The summed E-state index contributed by atoms with van der Waals surface area (Å²) in [6, 6.07) is 11.4. The summed E-state index contributed by atoms with van der Waals surface area (Å²) in [5.74, 6) is 0.364. The highest BCUT2D eigenvalue weighted by molar-refractivity contribution is 7.89. The first-order chi connectivity index (χ1) is 12.9. The number of anilines is 1. The van der Waals surface area contributed by atoms with Crippen LogP contribution in [0.1, 0.15) is 6.42 Å². The molecule has 0 radical (unpaired) electrons. The number of halogens is 1. The molecule has 2 aromatic carbocycles. The van der Waals surface area contributed by atoms with Crippen LogP contribution in [0.2, 0.25) is 0 Å². The van der Waals surface area contributed by atoms with E-state index in [0.29, 0.717) is 6.54 Å². The number of nitrogens with zero attached hydrogens (tertiary/aromatic N) is 1. The van der Waals surface area contributed by atoms with Gasteiger partial charge in [-0.3, -0.25) is 0 Å². The molecule has 1 fully saturated rings. The molecule has 27 heavy (non-hydrogen) atoms. The molecule has 0 unspecified atom stereocenters. The smallest absolute Gasteiger partial charge is 0.243 e. The second-order valence-corrected chi connectivity index (χ2v) is 8.16. The van der Waals surface area contributed by atoms with Gasteiger partial charge in [0.1, 0.15) is 22.2 Å². The maximum atomic E-state index is 14.1. The van der Waals surface area contributed by atoms with E-state index in [9.17, 15) is 12.8 Å². The Hall–Kier alpha value is -2.32. The van der Waals surface area contributed by atoms with Crippen molar-refractivity contribution in [3.05, 3.63) is 48.3 Å². The summed E-state index contributed by atoms with van der Waals surface area (Å²) in [7, 11) is -0.896. The van der Waals surface area contributed by atoms with Crippen molar-refractivity contribution in [1.29, 1.82) is 0 Å². The number of hydrogen-bond donors (Lipinski definition) is 1. The molecule has 0 aromatic heterocycles. The van der Waals surface area contributed by atoms with Crippen molar-refractivity contribution in [2.24, 2.45) is 5.92 Å². The van der Waals surface area contributed by atoms with Gasteiger partial charge in [-0.15, -0.1) is 0 Å². The molecule has 1 saturated heterocycles. The Balaban J connectivity index is 1.64. The van der Waals surface area contributed by atoms with Gasteiger partial charge in [0.15, 0.2) is 0 Å². The van der Waals surface area contributed by atoms with E-state index in [4.69, 9.17) is 9.47 Å². The minimum atomic E-state index is -3.92. The van der Waals surface area contributed by atoms with Crippen molar-refractivity contribution in [3.63, 3.8) is 0 Å². The molecule has 1 aliphatic rings. The van der Waals surface area contributed by atoms with Crippen LogP contribution in [0.15, 0.2) is 47.4 Å². The van der Waals surface area contributed by atoms with Crippen molar-refractivity contribution in [3.8, 4) is 11.5 Å². The lowest BCUT2D eigenvalue weighted by Crippen LogP contribution is -2.31. The third-order valence-electron chi connectivity index (χ3n) is 4.70. The van der Waals surface area contributed by atoms with Crippen LogP contribution in [-0.2, 0) is 10.0 Å². The Morgan fingerprint density at radius 2 is 1.96 bits per heavy atom. The van der Waals surface area contributed by atoms with Gasteiger partial charge in [-0.25, -0.2) is 17.5 Å². The van der Waals surface area contributed by atoms with Gasteiger partial charge in [0.25, 0.3) is 0 Å². The van der Waals surface area contributed by atoms with Gasteiger partial charge in [-0.1, -0.05) is 12.1 Å². The molecule has 146 valence electrons. The lowest BCUT2D eigenvalue weighted by molar-refractivity contribution is 0.409. The van der Waals surface area contributed by atoms with E-state index < -0.39 is 15.8 Å². The molecule has 1 atom stereocenters. The summed E-state index contributed by atoms with van der Waals surface area (Å²) in [6.45, 7) is 1.76. The predicted molar refractivity (Wildman–Crippen MR) is 101 cm³/mol. The van der Waals surface area contributed by atoms with Gasteiger partial charge in [0.05, 0.1) is 19.9 Å². The van der Waals surface area contributed by atoms with E-state index in [1.54, 1.807) is 7.11 Å². The Kier molecular flexibility index (Phi) is 5.86. The van der Waals surface area contributed by atoms with E-state index in [2.05, 4.69) is 9.62 Å². The Labute approximate surface area is 159 Å². The SMILES string of the molecule is COc1ccc(S(=O)(=O)NC[C@@H]2CCN(c3ccccc3OC)C2)c(F)c1. The first kappa shape index (κ1) is 19.4. The number of rotatable bonds is 7. The maximum Gasteiger partial charge on any atom is 0.243 e. The fraction of sp³-hybridized carbons (Fsp3) is 0.368. The molecular weight excluding hydrogens is 371 g/mol. The fourth-order valence-electron chi connectivity index (χ4n) is 3.24. The molecule has 1 heterocycles. The number of methoxy groups -OCH3 is 2. The van der Waals surface area contributed by atoms with Crippen LogP contribution >= 0.6 is 0 Å². The van der Waals surface area contributed by atoms with Crippen LogP contribution in [0.25, 0.3) is 0 Å². The highest BCUT2D eigenvalue weighted by Crippen LogP contribution is 2.32. The molecule has 6 nitrogen and oxygen atoms in total. The Morgan fingerprint density at radius 3 is 2.67 bits per heavy atom. The number of hydrogen-bond acceptors (Lipinski definition) is 5. The van der Waals surface area contributed by atoms with E-state index >= 15 is 0 Å². The topological polar surface area (TPSA) is 67.9 Å². The van der Waals surface area contributed by atoms with Crippen molar-refractivity contribution in [2.45, 2.75) is 11.3 Å². The third kappa shape index (κ3) is 4.33. The number of sulfonamides is 1. The van der Waals surface area contributed by atoms with Gasteiger partial charge < -0.3 is 14.4 Å². The van der Waals surface area contributed by atoms with Crippen LogP contribution in [0.5, 0.6) is 11.5 Å². The number of nitrogens with one attached hydrogen (secondary N) is 1. The molecular formula is C19H23FN2O4S. The van der Waals surface area contributed by atoms with Gasteiger partial charge in [-0.05, 0) is 36.6 Å². The molecule has 0 spiro atoms. The van der Waals surface area contributed by atoms with Crippen LogP contribution in [0.3, 0.4) is 0 Å². The van der Waals surface area contributed by atoms with Gasteiger partial charge in [0.2, 0.25) is 10.0 Å². The average Bonchev–Trinajstić information content (AvgIpc) is 3.15. The minimum Gasteiger partial charge on any atom is -0.497 e. The standard InChI is InChI=1S/C19H23FN2O4S/c1-25-15-7-8-19(16(20)11-15)27(23,24)21-12-14-9-10-22(13-14)17-5-3-4-6-18(17)26-2/h3-8,11,14,21H,9-10,12-13H2,1-2H3/t14-/m0/s1. The lowest BCUT2D eigenvalue weighted by atomic mass is 10.1. The molecule has 0 bridgehead atoms. The molecule has 0 saturated carbocycles. The van der Waals surface area contributed by atoms with Gasteiger partial charge >= 0.3 is 0 Å². The second-order valence-electron chi connectivity index (χ2n) is 6.42. The largest absolute Gasteiger partial charge is 0.497 e. The zero-order valence-electron chi connectivity index (χ0n) is 15.3. The van der Waals surface area contributed by atoms with Gasteiger partial charge in [-0.2, -0.15) is 0 Å². The summed E-state index contributed by atoms with van der Waals surface area (Å²) in [6.07, 6.45) is 0.839.